The topological polar surface area (TPSA) is 70.6 Å². The molecule has 5 heteroatoms. The average molecular weight is 351 g/mol. The minimum atomic E-state index is -0.261. The molecule has 0 aliphatic heterocycles. The average Bonchev–Trinajstić information content (AvgIpc) is 2.64. The number of hydrazone groups is 1. The second-order valence-corrected chi connectivity index (χ2v) is 6.15. The SMILES string of the molecule is CC/C(Cc1ccccc1)=N/NC(=O)CCC(=O)Nc1cccc(C)c1. The van der Waals surface area contributed by atoms with Gasteiger partial charge in [-0.1, -0.05) is 49.4 Å². The molecule has 0 aliphatic rings. The quantitative estimate of drug-likeness (QED) is 0.560. The van der Waals surface area contributed by atoms with Gasteiger partial charge in [0.2, 0.25) is 11.8 Å². The Labute approximate surface area is 154 Å². The van der Waals surface area contributed by atoms with Crippen molar-refractivity contribution < 1.29 is 9.59 Å². The molecule has 2 rings (SSSR count). The van der Waals surface area contributed by atoms with Gasteiger partial charge < -0.3 is 5.32 Å². The number of amides is 2. The van der Waals surface area contributed by atoms with Crippen molar-refractivity contribution in [2.75, 3.05) is 5.32 Å². The predicted molar refractivity (Wildman–Crippen MR) is 105 cm³/mol. The molecule has 5 nitrogen and oxygen atoms in total. The summed E-state index contributed by atoms with van der Waals surface area (Å²) < 4.78 is 0. The number of benzene rings is 2. The molecule has 0 bridgehead atoms. The van der Waals surface area contributed by atoms with Crippen LogP contribution in [-0.2, 0) is 16.0 Å². The Morgan fingerprint density at radius 1 is 0.962 bits per heavy atom. The summed E-state index contributed by atoms with van der Waals surface area (Å²) in [7, 11) is 0. The van der Waals surface area contributed by atoms with Crippen LogP contribution in [0.2, 0.25) is 0 Å². The molecule has 0 heterocycles. The number of rotatable bonds is 8. The Morgan fingerprint density at radius 3 is 2.38 bits per heavy atom. The normalized spacial score (nSPS) is 11.1. The number of hydrogen-bond donors (Lipinski definition) is 2. The van der Waals surface area contributed by atoms with E-state index in [4.69, 9.17) is 0 Å². The lowest BCUT2D eigenvalue weighted by molar-refractivity contribution is -0.124. The highest BCUT2D eigenvalue weighted by Crippen LogP contribution is 2.10. The van der Waals surface area contributed by atoms with Crippen LogP contribution in [0.5, 0.6) is 0 Å². The van der Waals surface area contributed by atoms with Crippen molar-refractivity contribution in [3.05, 3.63) is 65.7 Å². The number of carbonyl (C=O) groups is 2. The lowest BCUT2D eigenvalue weighted by atomic mass is 10.1. The molecule has 2 N–H and O–H groups in total. The zero-order chi connectivity index (χ0) is 18.8. The maximum atomic E-state index is 11.9. The monoisotopic (exact) mass is 351 g/mol. The molecule has 0 atom stereocenters. The number of nitrogens with zero attached hydrogens (tertiary/aromatic N) is 1. The maximum absolute atomic E-state index is 11.9. The summed E-state index contributed by atoms with van der Waals surface area (Å²) in [6, 6.07) is 17.5. The van der Waals surface area contributed by atoms with Crippen molar-refractivity contribution in [1.82, 2.24) is 5.43 Å². The molecular weight excluding hydrogens is 326 g/mol. The Kier molecular flexibility index (Phi) is 7.55. The van der Waals surface area contributed by atoms with Crippen LogP contribution in [0, 0.1) is 6.92 Å². The molecule has 2 aromatic carbocycles. The van der Waals surface area contributed by atoms with E-state index in [-0.39, 0.29) is 24.7 Å². The van der Waals surface area contributed by atoms with Crippen LogP contribution in [0.3, 0.4) is 0 Å². The molecule has 0 spiro atoms. The van der Waals surface area contributed by atoms with Gasteiger partial charge in [-0.15, -0.1) is 0 Å². The van der Waals surface area contributed by atoms with E-state index in [0.29, 0.717) is 6.42 Å². The van der Waals surface area contributed by atoms with Gasteiger partial charge in [0.05, 0.1) is 0 Å². The number of hydrogen-bond acceptors (Lipinski definition) is 3. The Morgan fingerprint density at radius 2 is 1.69 bits per heavy atom. The highest BCUT2D eigenvalue weighted by atomic mass is 16.2. The van der Waals surface area contributed by atoms with E-state index in [1.165, 1.54) is 0 Å². The summed E-state index contributed by atoms with van der Waals surface area (Å²) in [4.78, 5) is 23.9. The molecule has 0 saturated carbocycles. The fourth-order valence-corrected chi connectivity index (χ4v) is 2.45. The Bertz CT molecular complexity index is 770. The second-order valence-electron chi connectivity index (χ2n) is 6.15. The largest absolute Gasteiger partial charge is 0.326 e. The third-order valence-corrected chi connectivity index (χ3v) is 3.88. The molecule has 2 amide bonds. The minimum Gasteiger partial charge on any atom is -0.326 e. The van der Waals surface area contributed by atoms with Gasteiger partial charge in [0.1, 0.15) is 0 Å². The first kappa shape index (κ1) is 19.4. The van der Waals surface area contributed by atoms with Gasteiger partial charge in [0, 0.05) is 30.7 Å². The van der Waals surface area contributed by atoms with E-state index >= 15 is 0 Å². The second kappa shape index (κ2) is 10.1. The Balaban J connectivity index is 1.77. The third kappa shape index (κ3) is 6.89. The van der Waals surface area contributed by atoms with E-state index < -0.39 is 0 Å². The van der Waals surface area contributed by atoms with Crippen molar-refractivity contribution >= 4 is 23.2 Å². The van der Waals surface area contributed by atoms with Gasteiger partial charge >= 0.3 is 0 Å². The summed E-state index contributed by atoms with van der Waals surface area (Å²) in [6.45, 7) is 3.96. The van der Waals surface area contributed by atoms with E-state index in [1.807, 2.05) is 68.4 Å². The number of carbonyl (C=O) groups excluding carboxylic acids is 2. The van der Waals surface area contributed by atoms with E-state index in [1.54, 1.807) is 0 Å². The van der Waals surface area contributed by atoms with Crippen LogP contribution < -0.4 is 10.7 Å². The van der Waals surface area contributed by atoms with Crippen LogP contribution in [-0.4, -0.2) is 17.5 Å². The first-order valence-electron chi connectivity index (χ1n) is 8.81. The number of anilines is 1. The molecule has 136 valence electrons. The number of aryl methyl sites for hydroxylation is 1. The van der Waals surface area contributed by atoms with Crippen LogP contribution in [0.1, 0.15) is 37.3 Å². The third-order valence-electron chi connectivity index (χ3n) is 3.88. The van der Waals surface area contributed by atoms with Crippen molar-refractivity contribution in [2.45, 2.75) is 39.5 Å². The fraction of sp³-hybridized carbons (Fsp3) is 0.286. The minimum absolute atomic E-state index is 0.101. The number of nitrogens with one attached hydrogen (secondary N) is 2. The standard InChI is InChI=1S/C21H25N3O2/c1-3-18(15-17-9-5-4-6-10-17)23-24-21(26)13-12-20(25)22-19-11-7-8-16(2)14-19/h4-11,14H,3,12-13,15H2,1-2H3,(H,22,25)(H,24,26)/b23-18-. The van der Waals surface area contributed by atoms with E-state index in [2.05, 4.69) is 15.8 Å². The Hall–Kier alpha value is -2.95. The molecule has 0 aliphatic carbocycles. The van der Waals surface area contributed by atoms with Gasteiger partial charge in [0.25, 0.3) is 0 Å². The highest BCUT2D eigenvalue weighted by Gasteiger charge is 2.07. The first-order valence-corrected chi connectivity index (χ1v) is 8.81. The predicted octanol–water partition coefficient (Wildman–Crippen LogP) is 3.84. The first-order chi connectivity index (χ1) is 12.6. The molecule has 0 radical (unpaired) electrons. The highest BCUT2D eigenvalue weighted by molar-refractivity contribution is 5.93. The molecule has 26 heavy (non-hydrogen) atoms. The lowest BCUT2D eigenvalue weighted by Gasteiger charge is -2.07. The van der Waals surface area contributed by atoms with Crippen LogP contribution in [0.4, 0.5) is 5.69 Å². The zero-order valence-electron chi connectivity index (χ0n) is 15.3. The van der Waals surface area contributed by atoms with Crippen molar-refractivity contribution in [1.29, 1.82) is 0 Å². The molecule has 0 unspecified atom stereocenters. The molecular formula is C21H25N3O2. The smallest absolute Gasteiger partial charge is 0.240 e. The fourth-order valence-electron chi connectivity index (χ4n) is 2.45. The van der Waals surface area contributed by atoms with Gasteiger partial charge in [-0.2, -0.15) is 5.10 Å². The van der Waals surface area contributed by atoms with Gasteiger partial charge in [-0.05, 0) is 36.6 Å². The molecule has 2 aromatic rings. The van der Waals surface area contributed by atoms with Gasteiger partial charge in [-0.3, -0.25) is 9.59 Å². The van der Waals surface area contributed by atoms with Crippen LogP contribution in [0.25, 0.3) is 0 Å². The summed E-state index contributed by atoms with van der Waals surface area (Å²) in [6.07, 6.45) is 1.67. The van der Waals surface area contributed by atoms with Crippen LogP contribution in [0.15, 0.2) is 59.7 Å². The maximum Gasteiger partial charge on any atom is 0.240 e. The summed E-state index contributed by atoms with van der Waals surface area (Å²) in [5, 5.41) is 6.99. The van der Waals surface area contributed by atoms with Crippen molar-refractivity contribution in [3.63, 3.8) is 0 Å². The lowest BCUT2D eigenvalue weighted by Crippen LogP contribution is -2.22. The van der Waals surface area contributed by atoms with Gasteiger partial charge in [0.15, 0.2) is 0 Å². The summed E-state index contributed by atoms with van der Waals surface area (Å²) >= 11 is 0. The van der Waals surface area contributed by atoms with E-state index in [0.717, 1.165) is 28.9 Å². The zero-order valence-corrected chi connectivity index (χ0v) is 15.3. The van der Waals surface area contributed by atoms with Gasteiger partial charge in [-0.25, -0.2) is 5.43 Å². The van der Waals surface area contributed by atoms with Crippen molar-refractivity contribution in [3.8, 4) is 0 Å². The summed E-state index contributed by atoms with van der Waals surface area (Å²) in [5.41, 5.74) is 6.41. The summed E-state index contributed by atoms with van der Waals surface area (Å²) in [5.74, 6) is -0.446. The van der Waals surface area contributed by atoms with E-state index in [9.17, 15) is 9.59 Å². The van der Waals surface area contributed by atoms with Crippen LogP contribution >= 0.6 is 0 Å². The van der Waals surface area contributed by atoms with Crippen molar-refractivity contribution in [2.24, 2.45) is 5.10 Å². The molecule has 0 aromatic heterocycles. The molecule has 0 saturated heterocycles. The molecule has 0 fully saturated rings.